The Kier molecular flexibility index (Phi) is 3.31. The van der Waals surface area contributed by atoms with Gasteiger partial charge in [-0.25, -0.2) is 4.79 Å². The number of morpholine rings is 1. The second-order valence-electron chi connectivity index (χ2n) is 2.43. The molecule has 0 aliphatic carbocycles. The van der Waals surface area contributed by atoms with Crippen LogP contribution in [0.3, 0.4) is 0 Å². The Morgan fingerprint density at radius 3 is 2.92 bits per heavy atom. The summed E-state index contributed by atoms with van der Waals surface area (Å²) in [4.78, 5) is 12.6. The van der Waals surface area contributed by atoms with Gasteiger partial charge in [-0.1, -0.05) is 0 Å². The summed E-state index contributed by atoms with van der Waals surface area (Å²) in [6, 6.07) is 0. The third kappa shape index (κ3) is 1.86. The molecule has 1 fully saturated rings. The molecule has 0 aromatic carbocycles. The van der Waals surface area contributed by atoms with E-state index in [2.05, 4.69) is 4.74 Å². The van der Waals surface area contributed by atoms with Crippen LogP contribution in [0.5, 0.6) is 0 Å². The van der Waals surface area contributed by atoms with Crippen LogP contribution in [0.1, 0.15) is 0 Å². The molecule has 0 aromatic rings. The second kappa shape index (κ2) is 4.27. The number of amides is 1. The number of methoxy groups -OCH3 is 2. The summed E-state index contributed by atoms with van der Waals surface area (Å²) in [6.07, 6.45) is -0.684. The van der Waals surface area contributed by atoms with Gasteiger partial charge in [0, 0.05) is 7.11 Å². The van der Waals surface area contributed by atoms with Crippen LogP contribution in [-0.4, -0.2) is 51.2 Å². The van der Waals surface area contributed by atoms with Gasteiger partial charge in [-0.15, -0.1) is 0 Å². The minimum absolute atomic E-state index is 0.314. The molecule has 0 radical (unpaired) electrons. The molecule has 0 aromatic heterocycles. The summed E-state index contributed by atoms with van der Waals surface area (Å²) in [6.45, 7) is 1.46. The van der Waals surface area contributed by atoms with Gasteiger partial charge in [-0.05, 0) is 0 Å². The van der Waals surface area contributed by atoms with E-state index < -0.39 is 0 Å². The van der Waals surface area contributed by atoms with E-state index in [0.29, 0.717) is 19.8 Å². The van der Waals surface area contributed by atoms with Gasteiger partial charge in [-0.2, -0.15) is 0 Å². The van der Waals surface area contributed by atoms with Crippen molar-refractivity contribution >= 4 is 6.09 Å². The smallest absolute Gasteiger partial charge is 0.411 e. The van der Waals surface area contributed by atoms with Gasteiger partial charge >= 0.3 is 6.09 Å². The van der Waals surface area contributed by atoms with E-state index in [0.717, 1.165) is 0 Å². The topological polar surface area (TPSA) is 48.0 Å². The van der Waals surface area contributed by atoms with Crippen molar-refractivity contribution in [1.82, 2.24) is 4.90 Å². The van der Waals surface area contributed by atoms with Crippen molar-refractivity contribution in [3.05, 3.63) is 0 Å². The summed E-state index contributed by atoms with van der Waals surface area (Å²) >= 11 is 0. The van der Waals surface area contributed by atoms with Crippen LogP contribution in [0.25, 0.3) is 0 Å². The molecule has 1 aliphatic heterocycles. The van der Waals surface area contributed by atoms with Crippen LogP contribution in [0.15, 0.2) is 0 Å². The Balaban J connectivity index is 2.52. The Hall–Kier alpha value is -0.810. The predicted molar refractivity (Wildman–Crippen MR) is 40.7 cm³/mol. The summed E-state index contributed by atoms with van der Waals surface area (Å²) in [7, 11) is 2.89. The summed E-state index contributed by atoms with van der Waals surface area (Å²) in [5.41, 5.74) is 0. The van der Waals surface area contributed by atoms with Crippen molar-refractivity contribution in [2.24, 2.45) is 0 Å². The maximum atomic E-state index is 11.1. The minimum Gasteiger partial charge on any atom is -0.453 e. The zero-order chi connectivity index (χ0) is 8.97. The van der Waals surface area contributed by atoms with Gasteiger partial charge in [0.2, 0.25) is 0 Å². The summed E-state index contributed by atoms with van der Waals surface area (Å²) < 4.78 is 14.7. The molecule has 5 nitrogen and oxygen atoms in total. The van der Waals surface area contributed by atoms with Gasteiger partial charge in [-0.3, -0.25) is 4.90 Å². The van der Waals surface area contributed by atoms with Crippen molar-refractivity contribution in [2.75, 3.05) is 34.0 Å². The molecule has 1 atom stereocenters. The second-order valence-corrected chi connectivity index (χ2v) is 2.43. The van der Waals surface area contributed by atoms with E-state index in [-0.39, 0.29) is 12.3 Å². The van der Waals surface area contributed by atoms with Crippen LogP contribution in [0, 0.1) is 0 Å². The van der Waals surface area contributed by atoms with Crippen LogP contribution in [0.2, 0.25) is 0 Å². The largest absolute Gasteiger partial charge is 0.453 e. The van der Waals surface area contributed by atoms with E-state index in [1.165, 1.54) is 19.1 Å². The lowest BCUT2D eigenvalue weighted by Gasteiger charge is -2.32. The Morgan fingerprint density at radius 2 is 2.33 bits per heavy atom. The lowest BCUT2D eigenvalue weighted by atomic mass is 10.4. The van der Waals surface area contributed by atoms with Gasteiger partial charge < -0.3 is 14.2 Å². The molecule has 5 heteroatoms. The quantitative estimate of drug-likeness (QED) is 0.565. The normalized spacial score (nSPS) is 23.8. The molecular formula is C7H13NO4. The van der Waals surface area contributed by atoms with Crippen molar-refractivity contribution in [1.29, 1.82) is 0 Å². The molecule has 1 amide bonds. The summed E-state index contributed by atoms with van der Waals surface area (Å²) in [5.74, 6) is 0. The first-order valence-electron chi connectivity index (χ1n) is 3.74. The van der Waals surface area contributed by atoms with E-state index in [1.807, 2.05) is 0 Å². The molecule has 1 rings (SSSR count). The molecular weight excluding hydrogens is 162 g/mol. The number of hydrogen-bond donors (Lipinski definition) is 0. The Labute approximate surface area is 71.2 Å². The standard InChI is InChI=1S/C7H13NO4/c1-10-6-5-12-4-3-8(6)7(9)11-2/h6H,3-5H2,1-2H3. The SMILES string of the molecule is COC(=O)N1CCOCC1OC. The first kappa shape index (κ1) is 9.28. The van der Waals surface area contributed by atoms with Gasteiger partial charge in [0.05, 0.1) is 26.9 Å². The maximum absolute atomic E-state index is 11.1. The van der Waals surface area contributed by atoms with Gasteiger partial charge in [0.1, 0.15) is 0 Å². The molecule has 0 saturated carbocycles. The fourth-order valence-electron chi connectivity index (χ4n) is 1.10. The third-order valence-corrected chi connectivity index (χ3v) is 1.77. The van der Waals surface area contributed by atoms with Crippen molar-refractivity contribution in [2.45, 2.75) is 6.23 Å². The van der Waals surface area contributed by atoms with Crippen LogP contribution >= 0.6 is 0 Å². The Morgan fingerprint density at radius 1 is 1.58 bits per heavy atom. The highest BCUT2D eigenvalue weighted by Gasteiger charge is 2.27. The van der Waals surface area contributed by atoms with Gasteiger partial charge in [0.25, 0.3) is 0 Å². The minimum atomic E-state index is -0.370. The molecule has 0 N–H and O–H groups in total. The molecule has 12 heavy (non-hydrogen) atoms. The highest BCUT2D eigenvalue weighted by Crippen LogP contribution is 2.08. The van der Waals surface area contributed by atoms with E-state index >= 15 is 0 Å². The van der Waals surface area contributed by atoms with E-state index in [9.17, 15) is 4.79 Å². The molecule has 1 aliphatic rings. The predicted octanol–water partition coefficient (Wildman–Crippen LogP) is 0.0575. The number of carbonyl (C=O) groups is 1. The molecule has 0 bridgehead atoms. The first-order chi connectivity index (χ1) is 5.79. The zero-order valence-electron chi connectivity index (χ0n) is 7.28. The van der Waals surface area contributed by atoms with Gasteiger partial charge in [0.15, 0.2) is 6.23 Å². The van der Waals surface area contributed by atoms with Crippen LogP contribution in [0.4, 0.5) is 4.79 Å². The zero-order valence-corrected chi connectivity index (χ0v) is 7.28. The maximum Gasteiger partial charge on any atom is 0.411 e. The van der Waals surface area contributed by atoms with E-state index in [4.69, 9.17) is 9.47 Å². The number of ether oxygens (including phenoxy) is 3. The lowest BCUT2D eigenvalue weighted by molar-refractivity contribution is -0.111. The average molecular weight is 175 g/mol. The van der Waals surface area contributed by atoms with Crippen molar-refractivity contribution < 1.29 is 19.0 Å². The molecule has 1 unspecified atom stereocenters. The van der Waals surface area contributed by atoms with Crippen LogP contribution < -0.4 is 0 Å². The number of carbonyl (C=O) groups excluding carboxylic acids is 1. The third-order valence-electron chi connectivity index (χ3n) is 1.77. The van der Waals surface area contributed by atoms with E-state index in [1.54, 1.807) is 0 Å². The number of nitrogens with zero attached hydrogens (tertiary/aromatic N) is 1. The van der Waals surface area contributed by atoms with Crippen LogP contribution in [-0.2, 0) is 14.2 Å². The lowest BCUT2D eigenvalue weighted by Crippen LogP contribution is -2.49. The number of rotatable bonds is 1. The van der Waals surface area contributed by atoms with Crippen molar-refractivity contribution in [3.63, 3.8) is 0 Å². The highest BCUT2D eigenvalue weighted by molar-refractivity contribution is 5.67. The van der Waals surface area contributed by atoms with Crippen molar-refractivity contribution in [3.8, 4) is 0 Å². The monoisotopic (exact) mass is 175 g/mol. The summed E-state index contributed by atoms with van der Waals surface area (Å²) in [5, 5.41) is 0. The highest BCUT2D eigenvalue weighted by atomic mass is 16.6. The molecule has 0 spiro atoms. The first-order valence-corrected chi connectivity index (χ1v) is 3.74. The molecule has 1 saturated heterocycles. The average Bonchev–Trinajstić information content (AvgIpc) is 2.16. The molecule has 1 heterocycles. The fourth-order valence-corrected chi connectivity index (χ4v) is 1.10. The molecule has 70 valence electrons. The Bertz CT molecular complexity index is 161. The fraction of sp³-hybridized carbons (Fsp3) is 0.857. The number of hydrogen-bond acceptors (Lipinski definition) is 4.